The fourth-order valence-corrected chi connectivity index (χ4v) is 6.57. The number of aliphatic hydroxyl groups is 1. The van der Waals surface area contributed by atoms with Crippen molar-refractivity contribution in [2.45, 2.75) is 62.0 Å². The molecule has 3 aromatic rings. The molecule has 0 bridgehead atoms. The van der Waals surface area contributed by atoms with Gasteiger partial charge in [-0.25, -0.2) is 8.42 Å². The first-order chi connectivity index (χ1) is 16.5. The summed E-state index contributed by atoms with van der Waals surface area (Å²) < 4.78 is 29.0. The van der Waals surface area contributed by atoms with E-state index in [1.54, 1.807) is 28.6 Å². The summed E-state index contributed by atoms with van der Waals surface area (Å²) in [5.74, 6) is 0.932. The number of sulfonamides is 1. The van der Waals surface area contributed by atoms with Gasteiger partial charge in [0.15, 0.2) is 0 Å². The first-order valence-corrected chi connectivity index (χ1v) is 13.7. The Balaban J connectivity index is 1.61. The SMILES string of the molecule is O=S(=O)(c1ccccc1)N(C[C@H](O)[C](Cc1ccccc1)Cc1ccccc1)C1CCCCC1. The van der Waals surface area contributed by atoms with E-state index in [0.29, 0.717) is 17.7 Å². The molecule has 34 heavy (non-hydrogen) atoms. The quantitative estimate of drug-likeness (QED) is 0.424. The minimum Gasteiger partial charge on any atom is -0.391 e. The van der Waals surface area contributed by atoms with E-state index in [9.17, 15) is 13.5 Å². The Bertz CT molecular complexity index is 1060. The van der Waals surface area contributed by atoms with Gasteiger partial charge in [0, 0.05) is 18.5 Å². The molecule has 0 aromatic heterocycles. The van der Waals surface area contributed by atoms with Crippen LogP contribution in [0.5, 0.6) is 0 Å². The highest BCUT2D eigenvalue weighted by Crippen LogP contribution is 2.30. The molecule has 1 radical (unpaired) electrons. The lowest BCUT2D eigenvalue weighted by Crippen LogP contribution is -2.47. The third kappa shape index (κ3) is 6.35. The van der Waals surface area contributed by atoms with Gasteiger partial charge in [-0.15, -0.1) is 0 Å². The van der Waals surface area contributed by atoms with Gasteiger partial charge in [-0.05, 0) is 48.9 Å². The lowest BCUT2D eigenvalue weighted by Gasteiger charge is -2.36. The molecule has 0 spiro atoms. The van der Waals surface area contributed by atoms with Gasteiger partial charge in [-0.1, -0.05) is 98.1 Å². The summed E-state index contributed by atoms with van der Waals surface area (Å²) in [6.45, 7) is 0.0803. The minimum absolute atomic E-state index is 0.0803. The van der Waals surface area contributed by atoms with Crippen molar-refractivity contribution in [3.63, 3.8) is 0 Å². The second-order valence-corrected chi connectivity index (χ2v) is 11.1. The molecule has 5 heteroatoms. The minimum atomic E-state index is -3.71. The summed E-state index contributed by atoms with van der Waals surface area (Å²) in [5, 5.41) is 11.5. The molecule has 1 atom stereocenters. The van der Waals surface area contributed by atoms with Crippen molar-refractivity contribution >= 4 is 10.0 Å². The van der Waals surface area contributed by atoms with Crippen LogP contribution in [0.1, 0.15) is 43.2 Å². The zero-order valence-corrected chi connectivity index (χ0v) is 20.4. The first-order valence-electron chi connectivity index (χ1n) is 12.2. The number of hydrogen-bond donors (Lipinski definition) is 1. The number of nitrogens with zero attached hydrogens (tertiary/aromatic N) is 1. The Morgan fingerprint density at radius 3 is 1.74 bits per heavy atom. The van der Waals surface area contributed by atoms with Crippen LogP contribution in [0.4, 0.5) is 0 Å². The van der Waals surface area contributed by atoms with Crippen LogP contribution in [0.25, 0.3) is 0 Å². The molecule has 0 saturated heterocycles. The molecular weight excluding hydrogens is 442 g/mol. The fraction of sp³-hybridized carbons (Fsp3) is 0.345. The molecule has 4 nitrogen and oxygen atoms in total. The second kappa shape index (κ2) is 11.8. The second-order valence-electron chi connectivity index (χ2n) is 9.18. The molecule has 0 amide bonds. The van der Waals surface area contributed by atoms with E-state index in [0.717, 1.165) is 49.1 Å². The van der Waals surface area contributed by atoms with Crippen LogP contribution < -0.4 is 0 Å². The van der Waals surface area contributed by atoms with Crippen molar-refractivity contribution in [1.82, 2.24) is 4.31 Å². The van der Waals surface area contributed by atoms with Gasteiger partial charge < -0.3 is 5.11 Å². The molecule has 1 N–H and O–H groups in total. The summed E-state index contributed by atoms with van der Waals surface area (Å²) in [7, 11) is -3.71. The lowest BCUT2D eigenvalue weighted by molar-refractivity contribution is 0.127. The van der Waals surface area contributed by atoms with E-state index >= 15 is 0 Å². The number of hydrogen-bond acceptors (Lipinski definition) is 3. The third-order valence-corrected chi connectivity index (χ3v) is 8.64. The molecule has 1 aliphatic rings. The molecule has 4 rings (SSSR count). The van der Waals surface area contributed by atoms with Crippen LogP contribution in [-0.4, -0.2) is 36.5 Å². The van der Waals surface area contributed by atoms with Crippen molar-refractivity contribution in [1.29, 1.82) is 0 Å². The lowest BCUT2D eigenvalue weighted by atomic mass is 9.87. The van der Waals surface area contributed by atoms with Gasteiger partial charge in [0.2, 0.25) is 10.0 Å². The Morgan fingerprint density at radius 1 is 0.765 bits per heavy atom. The van der Waals surface area contributed by atoms with Gasteiger partial charge >= 0.3 is 0 Å². The van der Waals surface area contributed by atoms with E-state index in [1.807, 2.05) is 42.5 Å². The fourth-order valence-electron chi connectivity index (χ4n) is 4.85. The Morgan fingerprint density at radius 2 is 1.24 bits per heavy atom. The summed E-state index contributed by atoms with van der Waals surface area (Å²) in [6, 6.07) is 28.7. The molecule has 1 aliphatic carbocycles. The molecule has 0 unspecified atom stereocenters. The normalized spacial score (nSPS) is 16.1. The van der Waals surface area contributed by atoms with Crippen LogP contribution in [0, 0.1) is 5.92 Å². The van der Waals surface area contributed by atoms with Crippen molar-refractivity contribution in [2.75, 3.05) is 6.54 Å². The zero-order valence-electron chi connectivity index (χ0n) is 19.6. The van der Waals surface area contributed by atoms with Crippen LogP contribution >= 0.6 is 0 Å². The van der Waals surface area contributed by atoms with Gasteiger partial charge in [0.05, 0.1) is 11.0 Å². The first kappa shape index (κ1) is 24.6. The average Bonchev–Trinajstić information content (AvgIpc) is 2.89. The van der Waals surface area contributed by atoms with Crippen LogP contribution in [0.3, 0.4) is 0 Å². The van der Waals surface area contributed by atoms with Gasteiger partial charge in [0.1, 0.15) is 0 Å². The van der Waals surface area contributed by atoms with E-state index in [2.05, 4.69) is 24.3 Å². The summed E-state index contributed by atoms with van der Waals surface area (Å²) in [6.07, 6.45) is 5.22. The van der Waals surface area contributed by atoms with Crippen LogP contribution in [-0.2, 0) is 22.9 Å². The Hall–Kier alpha value is -2.47. The van der Waals surface area contributed by atoms with Crippen molar-refractivity contribution < 1.29 is 13.5 Å². The largest absolute Gasteiger partial charge is 0.391 e. The van der Waals surface area contributed by atoms with Gasteiger partial charge in [-0.3, -0.25) is 0 Å². The maximum atomic E-state index is 13.7. The van der Waals surface area contributed by atoms with E-state index in [4.69, 9.17) is 0 Å². The summed E-state index contributed by atoms with van der Waals surface area (Å²) >= 11 is 0. The molecule has 179 valence electrons. The predicted molar refractivity (Wildman–Crippen MR) is 137 cm³/mol. The van der Waals surface area contributed by atoms with E-state index in [-0.39, 0.29) is 12.6 Å². The molecule has 0 aliphatic heterocycles. The van der Waals surface area contributed by atoms with Crippen molar-refractivity contribution in [3.8, 4) is 0 Å². The predicted octanol–water partition coefficient (Wildman–Crippen LogP) is 5.43. The van der Waals surface area contributed by atoms with Gasteiger partial charge in [-0.2, -0.15) is 4.31 Å². The van der Waals surface area contributed by atoms with Gasteiger partial charge in [0.25, 0.3) is 0 Å². The maximum absolute atomic E-state index is 13.7. The summed E-state index contributed by atoms with van der Waals surface area (Å²) in [5.41, 5.74) is 2.23. The van der Waals surface area contributed by atoms with Crippen LogP contribution in [0.15, 0.2) is 95.9 Å². The monoisotopic (exact) mass is 476 g/mol. The number of benzene rings is 3. The van der Waals surface area contributed by atoms with Crippen molar-refractivity contribution in [3.05, 3.63) is 108 Å². The molecule has 1 fully saturated rings. The Labute approximate surface area is 204 Å². The van der Waals surface area contributed by atoms with Crippen LogP contribution in [0.2, 0.25) is 0 Å². The standard InChI is InChI=1S/C29H34NO3S/c31-29(26(21-24-13-5-1-6-14-24)22-25-15-7-2-8-16-25)23-30(27-17-9-3-10-18-27)34(32,33)28-19-11-4-12-20-28/h1-2,4-8,11-16,19-20,27,29,31H,3,9-10,17-18,21-23H2/t29-/m0/s1. The molecular formula is C29H34NO3S. The average molecular weight is 477 g/mol. The van der Waals surface area contributed by atoms with Crippen molar-refractivity contribution in [2.24, 2.45) is 0 Å². The molecule has 3 aromatic carbocycles. The van der Waals surface area contributed by atoms with E-state index < -0.39 is 16.1 Å². The molecule has 0 heterocycles. The molecule has 1 saturated carbocycles. The smallest absolute Gasteiger partial charge is 0.243 e. The topological polar surface area (TPSA) is 57.6 Å². The highest BCUT2D eigenvalue weighted by Gasteiger charge is 2.35. The van der Waals surface area contributed by atoms with E-state index in [1.165, 1.54) is 0 Å². The summed E-state index contributed by atoms with van der Waals surface area (Å²) in [4.78, 5) is 0.292. The highest BCUT2D eigenvalue weighted by molar-refractivity contribution is 7.89. The zero-order chi connectivity index (χ0) is 23.8. The number of rotatable bonds is 10. The highest BCUT2D eigenvalue weighted by atomic mass is 32.2. The Kier molecular flexibility index (Phi) is 8.54. The number of aliphatic hydroxyl groups excluding tert-OH is 1. The third-order valence-electron chi connectivity index (χ3n) is 6.70. The maximum Gasteiger partial charge on any atom is 0.243 e.